The van der Waals surface area contributed by atoms with Crippen molar-refractivity contribution in [2.75, 3.05) is 18.5 Å². The van der Waals surface area contributed by atoms with Gasteiger partial charge < -0.3 is 15.0 Å². The van der Waals surface area contributed by atoms with E-state index in [0.29, 0.717) is 11.5 Å². The fraction of sp³-hybridized carbons (Fsp3) is 0.462. The van der Waals surface area contributed by atoms with E-state index >= 15 is 0 Å². The fourth-order valence-electron chi connectivity index (χ4n) is 2.24. The normalized spacial score (nSPS) is 20.2. The van der Waals surface area contributed by atoms with Gasteiger partial charge in [0.2, 0.25) is 5.95 Å². The third kappa shape index (κ3) is 2.46. The molecule has 1 atom stereocenters. The first-order chi connectivity index (χ1) is 8.81. The van der Waals surface area contributed by atoms with E-state index in [1.54, 1.807) is 6.07 Å². The van der Waals surface area contributed by atoms with Gasteiger partial charge in [-0.25, -0.2) is 9.37 Å². The van der Waals surface area contributed by atoms with Gasteiger partial charge in [0.05, 0.1) is 17.1 Å². The van der Waals surface area contributed by atoms with Crippen LogP contribution in [0, 0.1) is 5.82 Å². The number of hydrogen-bond acceptors (Lipinski definition) is 3. The molecule has 0 amide bonds. The number of hydrogen-bond donors (Lipinski definition) is 2. The van der Waals surface area contributed by atoms with Crippen LogP contribution in [0.3, 0.4) is 0 Å². The number of nitrogens with one attached hydrogen (secondary N) is 2. The molecule has 0 radical (unpaired) electrons. The molecule has 3 rings (SSSR count). The molecule has 2 N–H and O–H groups in total. The van der Waals surface area contributed by atoms with E-state index < -0.39 is 0 Å². The number of benzene rings is 1. The van der Waals surface area contributed by atoms with Gasteiger partial charge in [0.25, 0.3) is 0 Å². The molecule has 1 aliphatic heterocycles. The molecule has 0 spiro atoms. The zero-order chi connectivity index (χ0) is 12.4. The highest BCUT2D eigenvalue weighted by molar-refractivity contribution is 5.77. The Bertz CT molecular complexity index is 534. The molecule has 2 aromatic rings. The highest BCUT2D eigenvalue weighted by Crippen LogP contribution is 2.17. The van der Waals surface area contributed by atoms with Crippen LogP contribution in [0.2, 0.25) is 0 Å². The van der Waals surface area contributed by atoms with E-state index in [1.165, 1.54) is 18.6 Å². The maximum Gasteiger partial charge on any atom is 0.201 e. The molecular formula is C13H16FN3O. The molecule has 5 heteroatoms. The van der Waals surface area contributed by atoms with E-state index in [9.17, 15) is 4.39 Å². The van der Waals surface area contributed by atoms with Crippen molar-refractivity contribution in [2.45, 2.75) is 25.4 Å². The standard InChI is InChI=1S/C13H16FN3O/c14-9-4-5-11-12(7-9)17-13(16-11)15-8-10-3-1-2-6-18-10/h4-5,7,10H,1-3,6,8H2,(H2,15,16,17). The molecule has 0 saturated carbocycles. The summed E-state index contributed by atoms with van der Waals surface area (Å²) in [7, 11) is 0. The predicted octanol–water partition coefficient (Wildman–Crippen LogP) is 2.68. The summed E-state index contributed by atoms with van der Waals surface area (Å²) in [6.07, 6.45) is 3.71. The summed E-state index contributed by atoms with van der Waals surface area (Å²) in [5.74, 6) is 0.415. The van der Waals surface area contributed by atoms with Crippen molar-refractivity contribution in [2.24, 2.45) is 0 Å². The van der Waals surface area contributed by atoms with Gasteiger partial charge in [-0.05, 0) is 37.5 Å². The number of halogens is 1. The van der Waals surface area contributed by atoms with Crippen molar-refractivity contribution >= 4 is 17.0 Å². The first kappa shape index (κ1) is 11.5. The third-order valence-corrected chi connectivity index (χ3v) is 3.22. The maximum atomic E-state index is 13.0. The minimum absolute atomic E-state index is 0.253. The Kier molecular flexibility index (Phi) is 3.15. The number of anilines is 1. The molecule has 96 valence electrons. The largest absolute Gasteiger partial charge is 0.376 e. The van der Waals surface area contributed by atoms with Crippen LogP contribution >= 0.6 is 0 Å². The van der Waals surface area contributed by atoms with E-state index in [0.717, 1.165) is 31.5 Å². The number of fused-ring (bicyclic) bond motifs is 1. The molecule has 1 fully saturated rings. The van der Waals surface area contributed by atoms with Crippen molar-refractivity contribution in [3.63, 3.8) is 0 Å². The second kappa shape index (κ2) is 4.94. The van der Waals surface area contributed by atoms with Crippen molar-refractivity contribution in [3.8, 4) is 0 Å². The van der Waals surface area contributed by atoms with Crippen LogP contribution in [0.25, 0.3) is 11.0 Å². The molecule has 1 aliphatic rings. The molecular weight excluding hydrogens is 233 g/mol. The van der Waals surface area contributed by atoms with Crippen LogP contribution in [0.1, 0.15) is 19.3 Å². The second-order valence-corrected chi connectivity index (χ2v) is 4.62. The average Bonchev–Trinajstić information content (AvgIpc) is 2.79. The van der Waals surface area contributed by atoms with Crippen molar-refractivity contribution in [3.05, 3.63) is 24.0 Å². The van der Waals surface area contributed by atoms with Crippen LogP contribution in [0.5, 0.6) is 0 Å². The highest BCUT2D eigenvalue weighted by atomic mass is 19.1. The topological polar surface area (TPSA) is 49.9 Å². The van der Waals surface area contributed by atoms with Gasteiger partial charge >= 0.3 is 0 Å². The van der Waals surface area contributed by atoms with Gasteiger partial charge in [-0.2, -0.15) is 0 Å². The number of aromatic amines is 1. The first-order valence-electron chi connectivity index (χ1n) is 6.32. The van der Waals surface area contributed by atoms with Gasteiger partial charge in [0.15, 0.2) is 0 Å². The van der Waals surface area contributed by atoms with Gasteiger partial charge in [0.1, 0.15) is 5.82 Å². The molecule has 1 unspecified atom stereocenters. The average molecular weight is 249 g/mol. The van der Waals surface area contributed by atoms with Crippen LogP contribution < -0.4 is 5.32 Å². The Morgan fingerprint density at radius 2 is 2.39 bits per heavy atom. The van der Waals surface area contributed by atoms with Gasteiger partial charge in [-0.3, -0.25) is 0 Å². The number of H-pyrrole nitrogens is 1. The lowest BCUT2D eigenvalue weighted by Gasteiger charge is -2.22. The highest BCUT2D eigenvalue weighted by Gasteiger charge is 2.14. The number of ether oxygens (including phenoxy) is 1. The quantitative estimate of drug-likeness (QED) is 0.879. The summed E-state index contributed by atoms with van der Waals surface area (Å²) in [6, 6.07) is 4.53. The second-order valence-electron chi connectivity index (χ2n) is 4.62. The van der Waals surface area contributed by atoms with Crippen LogP contribution in [-0.2, 0) is 4.74 Å². The van der Waals surface area contributed by atoms with Crippen molar-refractivity contribution in [1.29, 1.82) is 0 Å². The van der Waals surface area contributed by atoms with E-state index in [-0.39, 0.29) is 11.9 Å². The first-order valence-corrected chi connectivity index (χ1v) is 6.32. The lowest BCUT2D eigenvalue weighted by atomic mass is 10.1. The van der Waals surface area contributed by atoms with E-state index in [2.05, 4.69) is 15.3 Å². The molecule has 0 bridgehead atoms. The Labute approximate surface area is 105 Å². The van der Waals surface area contributed by atoms with Crippen molar-refractivity contribution in [1.82, 2.24) is 9.97 Å². The summed E-state index contributed by atoms with van der Waals surface area (Å²) in [6.45, 7) is 1.58. The lowest BCUT2D eigenvalue weighted by molar-refractivity contribution is 0.0247. The predicted molar refractivity (Wildman–Crippen MR) is 68.1 cm³/mol. The summed E-state index contributed by atoms with van der Waals surface area (Å²) < 4.78 is 18.7. The minimum Gasteiger partial charge on any atom is -0.376 e. The van der Waals surface area contributed by atoms with E-state index in [1.807, 2.05) is 0 Å². The zero-order valence-electron chi connectivity index (χ0n) is 10.1. The Morgan fingerprint density at radius 3 is 3.22 bits per heavy atom. The Balaban J connectivity index is 1.67. The summed E-state index contributed by atoms with van der Waals surface area (Å²) >= 11 is 0. The minimum atomic E-state index is -0.256. The third-order valence-electron chi connectivity index (χ3n) is 3.22. The monoisotopic (exact) mass is 249 g/mol. The number of nitrogens with zero attached hydrogens (tertiary/aromatic N) is 1. The smallest absolute Gasteiger partial charge is 0.201 e. The summed E-state index contributed by atoms with van der Waals surface area (Å²) in [4.78, 5) is 7.41. The Hall–Kier alpha value is -1.62. The van der Waals surface area contributed by atoms with E-state index in [4.69, 9.17) is 4.74 Å². The molecule has 1 aromatic heterocycles. The molecule has 18 heavy (non-hydrogen) atoms. The lowest BCUT2D eigenvalue weighted by Crippen LogP contribution is -2.27. The fourth-order valence-corrected chi connectivity index (χ4v) is 2.24. The molecule has 2 heterocycles. The van der Waals surface area contributed by atoms with Gasteiger partial charge in [-0.1, -0.05) is 0 Å². The SMILES string of the molecule is Fc1ccc2nc(NCC3CCCCO3)[nH]c2c1. The van der Waals surface area contributed by atoms with Crippen LogP contribution in [0.4, 0.5) is 10.3 Å². The number of aromatic nitrogens is 2. The van der Waals surface area contributed by atoms with Crippen LogP contribution in [-0.4, -0.2) is 29.2 Å². The van der Waals surface area contributed by atoms with Gasteiger partial charge in [0, 0.05) is 13.2 Å². The molecule has 1 saturated heterocycles. The summed E-state index contributed by atoms with van der Waals surface area (Å²) in [5.41, 5.74) is 1.48. The summed E-state index contributed by atoms with van der Waals surface area (Å²) in [5, 5.41) is 3.21. The number of imidazole rings is 1. The molecule has 4 nitrogen and oxygen atoms in total. The van der Waals surface area contributed by atoms with Crippen molar-refractivity contribution < 1.29 is 9.13 Å². The van der Waals surface area contributed by atoms with Crippen LogP contribution in [0.15, 0.2) is 18.2 Å². The Morgan fingerprint density at radius 1 is 1.44 bits per heavy atom. The molecule has 0 aliphatic carbocycles. The molecule has 1 aromatic carbocycles. The zero-order valence-corrected chi connectivity index (χ0v) is 10.1. The van der Waals surface area contributed by atoms with Gasteiger partial charge in [-0.15, -0.1) is 0 Å². The number of rotatable bonds is 3. The maximum absolute atomic E-state index is 13.0.